The summed E-state index contributed by atoms with van der Waals surface area (Å²) in [6.45, 7) is 1.75. The first-order valence-corrected chi connectivity index (χ1v) is 9.34. The van der Waals surface area contributed by atoms with Gasteiger partial charge in [0.05, 0.1) is 27.1 Å². The van der Waals surface area contributed by atoms with Gasteiger partial charge in [0, 0.05) is 10.6 Å². The summed E-state index contributed by atoms with van der Waals surface area (Å²) in [5.74, 6) is -0.101. The van der Waals surface area contributed by atoms with Crippen molar-refractivity contribution in [2.24, 2.45) is 0 Å². The molecule has 0 bridgehead atoms. The van der Waals surface area contributed by atoms with E-state index in [2.05, 4.69) is 16.3 Å². The van der Waals surface area contributed by atoms with E-state index in [0.717, 1.165) is 0 Å². The van der Waals surface area contributed by atoms with Crippen LogP contribution in [0.2, 0.25) is 15.1 Å². The van der Waals surface area contributed by atoms with E-state index >= 15 is 0 Å². The fourth-order valence-corrected chi connectivity index (χ4v) is 3.65. The first-order chi connectivity index (χ1) is 12.4. The van der Waals surface area contributed by atoms with E-state index in [1.807, 2.05) is 0 Å². The van der Waals surface area contributed by atoms with E-state index in [-0.39, 0.29) is 10.3 Å². The van der Waals surface area contributed by atoms with Gasteiger partial charge in [0.1, 0.15) is 5.82 Å². The zero-order valence-corrected chi connectivity index (χ0v) is 16.3. The molecule has 0 saturated heterocycles. The smallest absolute Gasteiger partial charge is 0.197 e. The van der Waals surface area contributed by atoms with Gasteiger partial charge in [0.2, 0.25) is 0 Å². The summed E-state index contributed by atoms with van der Waals surface area (Å²) in [5, 5.41) is 18.4. The molecule has 0 N–H and O–H groups in total. The van der Waals surface area contributed by atoms with Gasteiger partial charge in [-0.3, -0.25) is 4.57 Å². The zero-order valence-electron chi connectivity index (χ0n) is 13.3. The maximum Gasteiger partial charge on any atom is 0.197 e. The number of aromatic nitrogens is 3. The third-order valence-corrected chi connectivity index (χ3v) is 5.20. The molecule has 0 spiro atoms. The Labute approximate surface area is 168 Å². The van der Waals surface area contributed by atoms with Crippen LogP contribution in [0.5, 0.6) is 0 Å². The van der Waals surface area contributed by atoms with E-state index in [9.17, 15) is 4.39 Å². The molecular weight excluding hydrogens is 418 g/mol. The molecule has 1 aromatic heterocycles. The molecular formula is C17H10Cl3FN4S. The average Bonchev–Trinajstić information content (AvgIpc) is 3.00. The van der Waals surface area contributed by atoms with Crippen LogP contribution in [-0.2, 0) is 0 Å². The van der Waals surface area contributed by atoms with Crippen molar-refractivity contribution in [3.8, 4) is 23.1 Å². The van der Waals surface area contributed by atoms with Gasteiger partial charge >= 0.3 is 0 Å². The Kier molecular flexibility index (Phi) is 5.73. The van der Waals surface area contributed by atoms with E-state index in [0.29, 0.717) is 32.3 Å². The van der Waals surface area contributed by atoms with Crippen LogP contribution in [0.1, 0.15) is 6.92 Å². The van der Waals surface area contributed by atoms with Crippen molar-refractivity contribution in [1.82, 2.24) is 14.8 Å². The standard InChI is InChI=1S/C17H10Cl3FN4S/c1-9(8-22)26-17-24-23-16(12-4-2-10(18)6-13(12)19)25(17)11-3-5-15(21)14(20)7-11/h2-7,9H,1H3. The Morgan fingerprint density at radius 2 is 1.88 bits per heavy atom. The van der Waals surface area contributed by atoms with Gasteiger partial charge in [-0.2, -0.15) is 5.26 Å². The molecule has 0 fully saturated rings. The molecule has 3 aromatic rings. The molecule has 0 amide bonds. The zero-order chi connectivity index (χ0) is 18.8. The van der Waals surface area contributed by atoms with Crippen LogP contribution < -0.4 is 0 Å². The van der Waals surface area contributed by atoms with Crippen molar-refractivity contribution in [2.45, 2.75) is 17.3 Å². The molecule has 3 rings (SSSR count). The molecule has 0 aliphatic carbocycles. The highest BCUT2D eigenvalue weighted by atomic mass is 35.5. The molecule has 132 valence electrons. The minimum Gasteiger partial charge on any atom is -0.270 e. The van der Waals surface area contributed by atoms with Gasteiger partial charge in [0.15, 0.2) is 11.0 Å². The Balaban J connectivity index is 2.22. The summed E-state index contributed by atoms with van der Waals surface area (Å²) in [6.07, 6.45) is 0. The Morgan fingerprint density at radius 1 is 1.12 bits per heavy atom. The van der Waals surface area contributed by atoms with E-state index in [1.54, 1.807) is 35.8 Å². The van der Waals surface area contributed by atoms with Crippen LogP contribution in [0.3, 0.4) is 0 Å². The topological polar surface area (TPSA) is 54.5 Å². The minimum atomic E-state index is -0.533. The molecule has 1 atom stereocenters. The summed E-state index contributed by atoms with van der Waals surface area (Å²) >= 11 is 19.4. The van der Waals surface area contributed by atoms with Crippen molar-refractivity contribution in [2.75, 3.05) is 0 Å². The number of hydrogen-bond donors (Lipinski definition) is 0. The van der Waals surface area contributed by atoms with Crippen LogP contribution in [-0.4, -0.2) is 20.0 Å². The lowest BCUT2D eigenvalue weighted by molar-refractivity contribution is 0.627. The number of nitriles is 1. The molecule has 2 aromatic carbocycles. The summed E-state index contributed by atoms with van der Waals surface area (Å²) < 4.78 is 15.3. The Morgan fingerprint density at radius 3 is 2.54 bits per heavy atom. The van der Waals surface area contributed by atoms with Gasteiger partial charge < -0.3 is 0 Å². The second kappa shape index (κ2) is 7.85. The second-order valence-corrected chi connectivity index (χ2v) is 7.81. The van der Waals surface area contributed by atoms with Gasteiger partial charge in [-0.25, -0.2) is 4.39 Å². The fraction of sp³-hybridized carbons (Fsp3) is 0.118. The molecule has 26 heavy (non-hydrogen) atoms. The fourth-order valence-electron chi connectivity index (χ4n) is 2.23. The Bertz CT molecular complexity index is 1020. The first-order valence-electron chi connectivity index (χ1n) is 7.33. The molecule has 1 unspecified atom stereocenters. The summed E-state index contributed by atoms with van der Waals surface area (Å²) in [7, 11) is 0. The number of rotatable bonds is 4. The summed E-state index contributed by atoms with van der Waals surface area (Å²) in [5.41, 5.74) is 1.15. The van der Waals surface area contributed by atoms with E-state index in [1.165, 1.54) is 23.9 Å². The van der Waals surface area contributed by atoms with Crippen molar-refractivity contribution < 1.29 is 4.39 Å². The largest absolute Gasteiger partial charge is 0.270 e. The van der Waals surface area contributed by atoms with Crippen molar-refractivity contribution >= 4 is 46.6 Å². The van der Waals surface area contributed by atoms with Gasteiger partial charge in [-0.15, -0.1) is 10.2 Å². The van der Waals surface area contributed by atoms with Crippen LogP contribution in [0, 0.1) is 17.1 Å². The van der Waals surface area contributed by atoms with Crippen LogP contribution >= 0.6 is 46.6 Å². The van der Waals surface area contributed by atoms with Crippen molar-refractivity contribution in [3.63, 3.8) is 0 Å². The Hall–Kier alpha value is -1.78. The molecule has 4 nitrogen and oxygen atoms in total. The van der Waals surface area contributed by atoms with Crippen LogP contribution in [0.4, 0.5) is 4.39 Å². The predicted molar refractivity (Wildman–Crippen MR) is 103 cm³/mol. The number of hydrogen-bond acceptors (Lipinski definition) is 4. The number of nitrogens with zero attached hydrogens (tertiary/aromatic N) is 4. The average molecular weight is 428 g/mol. The SMILES string of the molecule is CC(C#N)Sc1nnc(-c2ccc(Cl)cc2Cl)n1-c1ccc(F)c(Cl)c1. The number of halogens is 4. The minimum absolute atomic E-state index is 0.0337. The maximum atomic E-state index is 13.6. The van der Waals surface area contributed by atoms with Crippen LogP contribution in [0.15, 0.2) is 41.6 Å². The maximum absolute atomic E-state index is 13.6. The summed E-state index contributed by atoms with van der Waals surface area (Å²) in [6, 6.07) is 11.4. The highest BCUT2D eigenvalue weighted by Gasteiger charge is 2.20. The van der Waals surface area contributed by atoms with Gasteiger partial charge in [-0.05, 0) is 43.3 Å². The lowest BCUT2D eigenvalue weighted by atomic mass is 10.2. The lowest BCUT2D eigenvalue weighted by Gasteiger charge is -2.12. The molecule has 9 heteroatoms. The highest BCUT2D eigenvalue weighted by molar-refractivity contribution is 8.00. The quantitative estimate of drug-likeness (QED) is 0.476. The number of benzene rings is 2. The molecule has 0 radical (unpaired) electrons. The molecule has 0 aliphatic heterocycles. The van der Waals surface area contributed by atoms with E-state index < -0.39 is 5.82 Å². The third kappa shape index (κ3) is 3.81. The molecule has 1 heterocycles. The molecule has 0 saturated carbocycles. The first kappa shape index (κ1) is 19.0. The predicted octanol–water partition coefficient (Wildman–Crippen LogP) is 6.04. The normalized spacial score (nSPS) is 12.0. The van der Waals surface area contributed by atoms with Crippen molar-refractivity contribution in [3.05, 3.63) is 57.3 Å². The number of thioether (sulfide) groups is 1. The monoisotopic (exact) mass is 426 g/mol. The van der Waals surface area contributed by atoms with Gasteiger partial charge in [-0.1, -0.05) is 46.6 Å². The highest BCUT2D eigenvalue weighted by Crippen LogP contribution is 2.35. The van der Waals surface area contributed by atoms with E-state index in [4.69, 9.17) is 40.1 Å². The third-order valence-electron chi connectivity index (χ3n) is 3.43. The lowest BCUT2D eigenvalue weighted by Crippen LogP contribution is -2.02. The second-order valence-electron chi connectivity index (χ2n) is 5.25. The van der Waals surface area contributed by atoms with Crippen LogP contribution in [0.25, 0.3) is 17.1 Å². The van der Waals surface area contributed by atoms with Gasteiger partial charge in [0.25, 0.3) is 0 Å². The summed E-state index contributed by atoms with van der Waals surface area (Å²) in [4.78, 5) is 0. The molecule has 0 aliphatic rings. The van der Waals surface area contributed by atoms with Crippen molar-refractivity contribution in [1.29, 1.82) is 5.26 Å².